The molecule has 0 spiro atoms. The zero-order valence-corrected chi connectivity index (χ0v) is 16.4. The van der Waals surface area contributed by atoms with Crippen molar-refractivity contribution in [3.63, 3.8) is 0 Å². The minimum atomic E-state index is -4.65. The normalized spacial score (nSPS) is 18.7. The van der Waals surface area contributed by atoms with Crippen LogP contribution in [-0.4, -0.2) is 30.8 Å². The molecule has 2 rings (SSSR count). The number of rotatable bonds is 4. The topological polar surface area (TPSA) is 71.4 Å². The van der Waals surface area contributed by atoms with Crippen molar-refractivity contribution in [2.24, 2.45) is 0 Å². The number of nitriles is 1. The van der Waals surface area contributed by atoms with Crippen LogP contribution < -0.4 is 5.32 Å². The van der Waals surface area contributed by atoms with Gasteiger partial charge in [0.15, 0.2) is 0 Å². The largest absolute Gasteiger partial charge is 0.492 e. The number of nitrogens with one attached hydrogen (secondary N) is 1. The second-order valence-electron chi connectivity index (χ2n) is 7.63. The highest BCUT2D eigenvalue weighted by Crippen LogP contribution is 2.39. The van der Waals surface area contributed by atoms with Crippen molar-refractivity contribution in [1.82, 2.24) is 5.32 Å². The maximum absolute atomic E-state index is 13.5. The Morgan fingerprint density at radius 2 is 1.82 bits per heavy atom. The predicted molar refractivity (Wildman–Crippen MR) is 98.9 cm³/mol. The molecule has 5 nitrogen and oxygen atoms in total. The minimum absolute atomic E-state index is 0.0382. The van der Waals surface area contributed by atoms with Gasteiger partial charge >= 0.3 is 13.3 Å². The molecule has 9 heteroatoms. The van der Waals surface area contributed by atoms with E-state index in [0.717, 1.165) is 6.07 Å². The Hall–Kier alpha value is -2.31. The summed E-state index contributed by atoms with van der Waals surface area (Å²) in [4.78, 5) is 11.3. The quantitative estimate of drug-likeness (QED) is 0.791. The lowest BCUT2D eigenvalue weighted by Gasteiger charge is -2.32. The highest BCUT2D eigenvalue weighted by Gasteiger charge is 2.52. The summed E-state index contributed by atoms with van der Waals surface area (Å²) >= 11 is 0. The number of benzene rings is 1. The second-order valence-corrected chi connectivity index (χ2v) is 7.63. The van der Waals surface area contributed by atoms with E-state index in [1.54, 1.807) is 6.07 Å². The van der Waals surface area contributed by atoms with Crippen LogP contribution in [0.5, 0.6) is 0 Å². The van der Waals surface area contributed by atoms with Gasteiger partial charge in [-0.15, -0.1) is 0 Å². The third-order valence-electron chi connectivity index (χ3n) is 4.93. The van der Waals surface area contributed by atoms with E-state index in [1.165, 1.54) is 25.1 Å². The number of carbonyl (C=O) groups is 1. The molecule has 0 atom stereocenters. The smallest absolute Gasteiger partial charge is 0.400 e. The second kappa shape index (κ2) is 7.61. The number of hydrogen-bond acceptors (Lipinski definition) is 4. The van der Waals surface area contributed by atoms with Gasteiger partial charge in [0.05, 0.1) is 28.4 Å². The fourth-order valence-corrected chi connectivity index (χ4v) is 2.62. The SMILES string of the molecule is CC(=O)NCC(=Cc1ccc(C#N)cc1C(F)(F)F)B1OC(C)(C)C(C)(C)O1. The number of carbonyl (C=O) groups excluding carboxylic acids is 1. The first-order valence-electron chi connectivity index (χ1n) is 8.69. The summed E-state index contributed by atoms with van der Waals surface area (Å²) in [5, 5.41) is 11.5. The van der Waals surface area contributed by atoms with Crippen molar-refractivity contribution in [2.75, 3.05) is 6.54 Å². The molecule has 1 amide bonds. The summed E-state index contributed by atoms with van der Waals surface area (Å²) in [5.41, 5.74) is -2.22. The molecule has 0 saturated carbocycles. The molecule has 0 aliphatic carbocycles. The van der Waals surface area contributed by atoms with E-state index < -0.39 is 30.1 Å². The van der Waals surface area contributed by atoms with Gasteiger partial charge in [-0.3, -0.25) is 4.79 Å². The molecule has 0 bridgehead atoms. The number of nitrogens with zero attached hydrogens (tertiary/aromatic N) is 1. The summed E-state index contributed by atoms with van der Waals surface area (Å²) in [6.07, 6.45) is -3.35. The molecule has 0 unspecified atom stereocenters. The maximum atomic E-state index is 13.5. The van der Waals surface area contributed by atoms with Crippen LogP contribution in [0.2, 0.25) is 0 Å². The summed E-state index contributed by atoms with van der Waals surface area (Å²) in [6.45, 7) is 8.57. The van der Waals surface area contributed by atoms with Crippen LogP contribution in [0.3, 0.4) is 0 Å². The Kier molecular flexibility index (Phi) is 5.97. The lowest BCUT2D eigenvalue weighted by molar-refractivity contribution is -0.137. The Morgan fingerprint density at radius 1 is 1.25 bits per heavy atom. The minimum Gasteiger partial charge on any atom is -0.400 e. The number of hydrogen-bond donors (Lipinski definition) is 1. The first kappa shape index (κ1) is 22.0. The molecule has 1 aromatic rings. The fraction of sp³-hybridized carbons (Fsp3) is 0.474. The fourth-order valence-electron chi connectivity index (χ4n) is 2.62. The summed E-state index contributed by atoms with van der Waals surface area (Å²) < 4.78 is 52.3. The third kappa shape index (κ3) is 4.75. The van der Waals surface area contributed by atoms with E-state index in [2.05, 4.69) is 5.32 Å². The third-order valence-corrected chi connectivity index (χ3v) is 4.93. The molecule has 1 heterocycles. The average Bonchev–Trinajstić information content (AvgIpc) is 2.78. The van der Waals surface area contributed by atoms with Gasteiger partial charge in [0.25, 0.3) is 0 Å². The van der Waals surface area contributed by atoms with Crippen molar-refractivity contribution >= 4 is 19.1 Å². The van der Waals surface area contributed by atoms with Crippen molar-refractivity contribution in [3.05, 3.63) is 40.4 Å². The van der Waals surface area contributed by atoms with Crippen molar-refractivity contribution in [1.29, 1.82) is 5.26 Å². The van der Waals surface area contributed by atoms with E-state index in [-0.39, 0.29) is 23.6 Å². The summed E-state index contributed by atoms with van der Waals surface area (Å²) in [6, 6.07) is 5.04. The van der Waals surface area contributed by atoms with Crippen LogP contribution in [0.4, 0.5) is 13.2 Å². The van der Waals surface area contributed by atoms with Gasteiger partial charge in [-0.2, -0.15) is 18.4 Å². The lowest BCUT2D eigenvalue weighted by atomic mass is 9.76. The Morgan fingerprint density at radius 3 is 2.29 bits per heavy atom. The predicted octanol–water partition coefficient (Wildman–Crippen LogP) is 3.73. The van der Waals surface area contributed by atoms with Gasteiger partial charge in [-0.1, -0.05) is 12.1 Å². The first-order chi connectivity index (χ1) is 12.8. The van der Waals surface area contributed by atoms with Gasteiger partial charge in [-0.05, 0) is 50.9 Å². The van der Waals surface area contributed by atoms with E-state index in [1.807, 2.05) is 27.7 Å². The van der Waals surface area contributed by atoms with Crippen LogP contribution in [0.15, 0.2) is 23.7 Å². The van der Waals surface area contributed by atoms with Gasteiger partial charge in [0.1, 0.15) is 0 Å². The Balaban J connectivity index is 2.52. The first-order valence-corrected chi connectivity index (χ1v) is 8.69. The Bertz CT molecular complexity index is 826. The zero-order chi connectivity index (χ0) is 21.3. The summed E-state index contributed by atoms with van der Waals surface area (Å²) in [7, 11) is -0.923. The van der Waals surface area contributed by atoms with Crippen LogP contribution in [0.1, 0.15) is 51.3 Å². The van der Waals surface area contributed by atoms with E-state index in [4.69, 9.17) is 14.6 Å². The standard InChI is InChI=1S/C19H22BF3N2O3/c1-12(26)25-11-15(20-27-17(2,3)18(4,5)28-20)9-14-7-6-13(10-24)8-16(14)19(21,22)23/h6-9H,11H2,1-5H3,(H,25,26). The zero-order valence-electron chi connectivity index (χ0n) is 16.4. The molecule has 1 saturated heterocycles. The molecular formula is C19H22BF3N2O3. The highest BCUT2D eigenvalue weighted by molar-refractivity contribution is 6.56. The van der Waals surface area contributed by atoms with Gasteiger partial charge in [-0.25, -0.2) is 0 Å². The summed E-state index contributed by atoms with van der Waals surface area (Å²) in [5.74, 6) is -0.335. The van der Waals surface area contributed by atoms with Crippen molar-refractivity contribution in [3.8, 4) is 6.07 Å². The van der Waals surface area contributed by atoms with Crippen LogP contribution in [-0.2, 0) is 20.3 Å². The van der Waals surface area contributed by atoms with Gasteiger partial charge in [0.2, 0.25) is 5.91 Å². The van der Waals surface area contributed by atoms with Crippen LogP contribution in [0, 0.1) is 11.3 Å². The molecule has 1 fully saturated rings. The molecule has 1 aliphatic heterocycles. The molecule has 1 aromatic carbocycles. The lowest BCUT2D eigenvalue weighted by Crippen LogP contribution is -2.41. The van der Waals surface area contributed by atoms with E-state index in [0.29, 0.717) is 5.47 Å². The van der Waals surface area contributed by atoms with Crippen molar-refractivity contribution < 1.29 is 27.3 Å². The van der Waals surface area contributed by atoms with Crippen molar-refractivity contribution in [2.45, 2.75) is 52.0 Å². The van der Waals surface area contributed by atoms with Gasteiger partial charge < -0.3 is 14.6 Å². The molecule has 28 heavy (non-hydrogen) atoms. The Labute approximate surface area is 162 Å². The van der Waals surface area contributed by atoms with E-state index in [9.17, 15) is 18.0 Å². The number of halogens is 3. The highest BCUT2D eigenvalue weighted by atomic mass is 19.4. The van der Waals surface area contributed by atoms with Gasteiger partial charge in [0, 0.05) is 13.5 Å². The molecule has 1 N–H and O–H groups in total. The average molecular weight is 394 g/mol. The maximum Gasteiger partial charge on any atom is 0.492 e. The van der Waals surface area contributed by atoms with Crippen LogP contribution >= 0.6 is 0 Å². The van der Waals surface area contributed by atoms with Crippen LogP contribution in [0.25, 0.3) is 6.08 Å². The number of amides is 1. The molecule has 0 radical (unpaired) electrons. The molecular weight excluding hydrogens is 372 g/mol. The van der Waals surface area contributed by atoms with E-state index >= 15 is 0 Å². The molecule has 1 aliphatic rings. The number of alkyl halides is 3. The monoisotopic (exact) mass is 394 g/mol. The molecule has 150 valence electrons. The molecule has 0 aromatic heterocycles.